The summed E-state index contributed by atoms with van der Waals surface area (Å²) < 4.78 is 11.1. The molecule has 0 amide bonds. The average molecular weight is 206 g/mol. The van der Waals surface area contributed by atoms with Crippen molar-refractivity contribution in [2.24, 2.45) is 0 Å². The molecule has 0 spiro atoms. The molecular weight excluding hydrogens is 188 g/mol. The van der Waals surface area contributed by atoms with Gasteiger partial charge in [-0.05, 0) is 51.0 Å². The lowest BCUT2D eigenvalue weighted by Crippen LogP contribution is -2.08. The Bertz CT molecular complexity index is 365. The van der Waals surface area contributed by atoms with Gasteiger partial charge in [0.05, 0.1) is 12.7 Å². The first-order valence-electron chi connectivity index (χ1n) is 5.43. The maximum atomic E-state index is 5.69. The van der Waals surface area contributed by atoms with Gasteiger partial charge in [0.25, 0.3) is 0 Å². The Balaban J connectivity index is 2.23. The second-order valence-electron chi connectivity index (χ2n) is 4.67. The molecule has 0 radical (unpaired) electrons. The molecule has 1 saturated heterocycles. The van der Waals surface area contributed by atoms with Gasteiger partial charge < -0.3 is 9.47 Å². The molecule has 2 heteroatoms. The average Bonchev–Trinajstić information content (AvgIpc) is 2.88. The molecule has 2 rings (SSSR count). The van der Waals surface area contributed by atoms with Crippen LogP contribution in [0.25, 0.3) is 0 Å². The van der Waals surface area contributed by atoms with Crippen LogP contribution in [0, 0.1) is 6.92 Å². The normalized spacial score (nSPS) is 24.3. The molecule has 1 fully saturated rings. The number of ether oxygens (including phenoxy) is 2. The van der Waals surface area contributed by atoms with E-state index in [-0.39, 0.29) is 11.7 Å². The van der Waals surface area contributed by atoms with Crippen LogP contribution in [0.2, 0.25) is 0 Å². The zero-order chi connectivity index (χ0) is 11.1. The smallest absolute Gasteiger partial charge is 0.122 e. The summed E-state index contributed by atoms with van der Waals surface area (Å²) >= 11 is 0. The minimum atomic E-state index is -0.0406. The molecule has 0 saturated carbocycles. The predicted molar refractivity (Wildman–Crippen MR) is 60.2 cm³/mol. The third-order valence-electron chi connectivity index (χ3n) is 2.73. The fraction of sp³-hybridized carbons (Fsp3) is 0.538. The van der Waals surface area contributed by atoms with Crippen molar-refractivity contribution in [3.8, 4) is 5.75 Å². The molecule has 1 aromatic carbocycles. The monoisotopic (exact) mass is 206 g/mol. The van der Waals surface area contributed by atoms with Crippen molar-refractivity contribution in [2.75, 3.05) is 6.61 Å². The largest absolute Gasteiger partial charge is 0.491 e. The highest BCUT2D eigenvalue weighted by atomic mass is 16.6. The molecule has 1 aliphatic heterocycles. The van der Waals surface area contributed by atoms with Gasteiger partial charge in [-0.25, -0.2) is 0 Å². The van der Waals surface area contributed by atoms with E-state index in [4.69, 9.17) is 9.47 Å². The lowest BCUT2D eigenvalue weighted by atomic mass is 10.00. The van der Waals surface area contributed by atoms with Gasteiger partial charge in [-0.15, -0.1) is 0 Å². The number of rotatable bonds is 3. The molecule has 1 heterocycles. The first-order chi connectivity index (χ1) is 7.01. The first-order valence-corrected chi connectivity index (χ1v) is 5.43. The summed E-state index contributed by atoms with van der Waals surface area (Å²) in [7, 11) is 0. The van der Waals surface area contributed by atoms with Crippen molar-refractivity contribution in [3.63, 3.8) is 0 Å². The zero-order valence-electron chi connectivity index (χ0n) is 9.83. The lowest BCUT2D eigenvalue weighted by Gasteiger charge is -2.14. The van der Waals surface area contributed by atoms with Crippen LogP contribution in [0.4, 0.5) is 0 Å². The maximum Gasteiger partial charge on any atom is 0.122 e. The van der Waals surface area contributed by atoms with Crippen molar-refractivity contribution < 1.29 is 9.47 Å². The number of epoxide rings is 1. The van der Waals surface area contributed by atoms with Crippen molar-refractivity contribution in [1.29, 1.82) is 0 Å². The second-order valence-corrected chi connectivity index (χ2v) is 4.67. The molecule has 1 aliphatic rings. The molecule has 0 aliphatic carbocycles. The zero-order valence-corrected chi connectivity index (χ0v) is 9.83. The molecule has 2 nitrogen and oxygen atoms in total. The SMILES string of the molecule is Cc1cc(C2(C)CO2)ccc1OC(C)C. The van der Waals surface area contributed by atoms with Gasteiger partial charge in [-0.2, -0.15) is 0 Å². The fourth-order valence-corrected chi connectivity index (χ4v) is 1.64. The van der Waals surface area contributed by atoms with Crippen LogP contribution >= 0.6 is 0 Å². The Kier molecular flexibility index (Phi) is 2.47. The van der Waals surface area contributed by atoms with E-state index in [2.05, 4.69) is 26.0 Å². The van der Waals surface area contributed by atoms with E-state index in [1.807, 2.05) is 19.9 Å². The molecule has 0 aromatic heterocycles. The third kappa shape index (κ3) is 2.15. The number of benzene rings is 1. The minimum absolute atomic E-state index is 0.0406. The van der Waals surface area contributed by atoms with Crippen LogP contribution in [-0.2, 0) is 10.3 Å². The van der Waals surface area contributed by atoms with Crippen molar-refractivity contribution in [3.05, 3.63) is 29.3 Å². The standard InChI is InChI=1S/C13H18O2/c1-9(2)15-12-6-5-11(7-10(12)3)13(4)8-14-13/h5-7,9H,8H2,1-4H3. The maximum absolute atomic E-state index is 5.69. The van der Waals surface area contributed by atoms with Crippen LogP contribution < -0.4 is 4.74 Å². The van der Waals surface area contributed by atoms with Crippen molar-refractivity contribution in [2.45, 2.75) is 39.4 Å². The van der Waals surface area contributed by atoms with Gasteiger partial charge in [0.2, 0.25) is 0 Å². The van der Waals surface area contributed by atoms with Gasteiger partial charge in [-0.1, -0.05) is 6.07 Å². The highest BCUT2D eigenvalue weighted by Crippen LogP contribution is 2.39. The van der Waals surface area contributed by atoms with E-state index in [0.29, 0.717) is 0 Å². The summed E-state index contributed by atoms with van der Waals surface area (Å²) in [6.07, 6.45) is 0.224. The van der Waals surface area contributed by atoms with Crippen LogP contribution in [-0.4, -0.2) is 12.7 Å². The molecule has 82 valence electrons. The summed E-state index contributed by atoms with van der Waals surface area (Å²) in [5.41, 5.74) is 2.38. The predicted octanol–water partition coefficient (Wildman–Crippen LogP) is 3.03. The fourth-order valence-electron chi connectivity index (χ4n) is 1.64. The first kappa shape index (κ1) is 10.5. The van der Waals surface area contributed by atoms with Crippen LogP contribution in [0.3, 0.4) is 0 Å². The van der Waals surface area contributed by atoms with Gasteiger partial charge in [0.1, 0.15) is 11.4 Å². The van der Waals surface area contributed by atoms with Gasteiger partial charge >= 0.3 is 0 Å². The summed E-state index contributed by atoms with van der Waals surface area (Å²) in [5, 5.41) is 0. The Morgan fingerprint density at radius 2 is 2.07 bits per heavy atom. The Morgan fingerprint density at radius 3 is 2.53 bits per heavy atom. The van der Waals surface area contributed by atoms with Crippen LogP contribution in [0.5, 0.6) is 5.75 Å². The highest BCUT2D eigenvalue weighted by molar-refractivity contribution is 5.39. The van der Waals surface area contributed by atoms with E-state index >= 15 is 0 Å². The summed E-state index contributed by atoms with van der Waals surface area (Å²) in [6.45, 7) is 9.10. The number of aryl methyl sites for hydroxylation is 1. The number of hydrogen-bond donors (Lipinski definition) is 0. The quantitative estimate of drug-likeness (QED) is 0.709. The minimum Gasteiger partial charge on any atom is -0.491 e. The van der Waals surface area contributed by atoms with E-state index in [1.165, 1.54) is 11.1 Å². The molecule has 15 heavy (non-hydrogen) atoms. The number of hydrogen-bond acceptors (Lipinski definition) is 2. The van der Waals surface area contributed by atoms with E-state index in [9.17, 15) is 0 Å². The van der Waals surface area contributed by atoms with Crippen LogP contribution in [0.15, 0.2) is 18.2 Å². The van der Waals surface area contributed by atoms with Gasteiger partial charge in [0.15, 0.2) is 0 Å². The van der Waals surface area contributed by atoms with Crippen LogP contribution in [0.1, 0.15) is 31.9 Å². The molecule has 0 bridgehead atoms. The Labute approximate surface area is 91.2 Å². The van der Waals surface area contributed by atoms with Crippen molar-refractivity contribution >= 4 is 0 Å². The van der Waals surface area contributed by atoms with Gasteiger partial charge in [0, 0.05) is 0 Å². The molecule has 1 unspecified atom stereocenters. The lowest BCUT2D eigenvalue weighted by molar-refractivity contribution is 0.240. The topological polar surface area (TPSA) is 21.8 Å². The summed E-state index contributed by atoms with van der Waals surface area (Å²) in [6, 6.07) is 6.29. The Hall–Kier alpha value is -1.02. The molecule has 1 atom stereocenters. The van der Waals surface area contributed by atoms with Crippen molar-refractivity contribution in [1.82, 2.24) is 0 Å². The molecular formula is C13H18O2. The second kappa shape index (κ2) is 3.53. The molecule has 0 N–H and O–H groups in total. The van der Waals surface area contributed by atoms with Gasteiger partial charge in [-0.3, -0.25) is 0 Å². The van der Waals surface area contributed by atoms with E-state index < -0.39 is 0 Å². The van der Waals surface area contributed by atoms with E-state index in [1.54, 1.807) is 0 Å². The molecule has 1 aromatic rings. The van der Waals surface area contributed by atoms with E-state index in [0.717, 1.165) is 12.4 Å². The third-order valence-corrected chi connectivity index (χ3v) is 2.73. The summed E-state index contributed by atoms with van der Waals surface area (Å²) in [4.78, 5) is 0. The highest BCUT2D eigenvalue weighted by Gasteiger charge is 2.41. The summed E-state index contributed by atoms with van der Waals surface area (Å²) in [5.74, 6) is 0.970. The Morgan fingerprint density at radius 1 is 1.40 bits per heavy atom.